The summed E-state index contributed by atoms with van der Waals surface area (Å²) in [6.45, 7) is 10.1. The smallest absolute Gasteiger partial charge is 0.0577 e. The Labute approximate surface area is 155 Å². The van der Waals surface area contributed by atoms with Gasteiger partial charge < -0.3 is 5.11 Å². The Kier molecular flexibility index (Phi) is 4.63. The van der Waals surface area contributed by atoms with Gasteiger partial charge in [0.2, 0.25) is 0 Å². The molecule has 0 saturated heterocycles. The highest BCUT2D eigenvalue weighted by molar-refractivity contribution is 5.25. The summed E-state index contributed by atoms with van der Waals surface area (Å²) in [5, 5.41) is 10.2. The van der Waals surface area contributed by atoms with E-state index in [1.807, 2.05) is 0 Å². The monoisotopic (exact) mass is 344 g/mol. The Hall–Kier alpha value is -0.300. The van der Waals surface area contributed by atoms with Crippen LogP contribution in [0.15, 0.2) is 11.6 Å². The lowest BCUT2D eigenvalue weighted by molar-refractivity contribution is -0.0571. The summed E-state index contributed by atoms with van der Waals surface area (Å²) in [7, 11) is 0. The molecular formula is C24H40O. The minimum Gasteiger partial charge on any atom is -0.393 e. The zero-order chi connectivity index (χ0) is 17.8. The van der Waals surface area contributed by atoms with Gasteiger partial charge in [0.1, 0.15) is 0 Å². The highest BCUT2D eigenvalue weighted by Crippen LogP contribution is 2.67. The van der Waals surface area contributed by atoms with Crippen molar-refractivity contribution in [3.63, 3.8) is 0 Å². The number of allylic oxidation sites excluding steroid dienone is 1. The third-order valence-electron chi connectivity index (χ3n) is 9.58. The number of fused-ring (bicyclic) bond motifs is 5. The summed E-state index contributed by atoms with van der Waals surface area (Å²) in [6, 6.07) is 0. The molecule has 1 N–H and O–H groups in total. The van der Waals surface area contributed by atoms with E-state index in [4.69, 9.17) is 0 Å². The number of hydrogen-bond donors (Lipinski definition) is 1. The molecule has 3 fully saturated rings. The molecule has 0 aromatic heterocycles. The van der Waals surface area contributed by atoms with Gasteiger partial charge in [0.05, 0.1) is 6.10 Å². The Morgan fingerprint density at radius 3 is 2.68 bits per heavy atom. The van der Waals surface area contributed by atoms with Crippen molar-refractivity contribution in [3.8, 4) is 0 Å². The topological polar surface area (TPSA) is 20.2 Å². The summed E-state index contributed by atoms with van der Waals surface area (Å²) in [5.74, 6) is 4.63. The molecule has 4 aliphatic rings. The van der Waals surface area contributed by atoms with Crippen molar-refractivity contribution in [2.45, 2.75) is 98.0 Å². The van der Waals surface area contributed by atoms with E-state index in [0.717, 1.165) is 42.4 Å². The second kappa shape index (κ2) is 6.39. The first-order valence-corrected chi connectivity index (χ1v) is 11.3. The number of aliphatic hydroxyl groups excluding tert-OH is 1. The third kappa shape index (κ3) is 2.67. The van der Waals surface area contributed by atoms with E-state index in [1.54, 1.807) is 5.57 Å². The molecule has 0 spiro atoms. The molecular weight excluding hydrogens is 304 g/mol. The van der Waals surface area contributed by atoms with Gasteiger partial charge in [-0.05, 0) is 91.8 Å². The first kappa shape index (κ1) is 18.1. The van der Waals surface area contributed by atoms with Crippen LogP contribution >= 0.6 is 0 Å². The molecule has 0 aromatic carbocycles. The zero-order valence-corrected chi connectivity index (χ0v) is 17.1. The molecule has 25 heavy (non-hydrogen) atoms. The van der Waals surface area contributed by atoms with Crippen LogP contribution in [0.2, 0.25) is 0 Å². The molecule has 0 amide bonds. The predicted molar refractivity (Wildman–Crippen MR) is 105 cm³/mol. The first-order valence-electron chi connectivity index (χ1n) is 11.3. The molecule has 0 bridgehead atoms. The summed E-state index contributed by atoms with van der Waals surface area (Å²) in [6.07, 6.45) is 15.6. The largest absolute Gasteiger partial charge is 0.393 e. The molecule has 4 rings (SSSR count). The van der Waals surface area contributed by atoms with Crippen LogP contribution in [0.4, 0.5) is 0 Å². The van der Waals surface area contributed by atoms with Gasteiger partial charge >= 0.3 is 0 Å². The lowest BCUT2D eigenvalue weighted by atomic mass is 9.47. The Bertz CT molecular complexity index is 536. The summed E-state index contributed by atoms with van der Waals surface area (Å²) < 4.78 is 0. The van der Waals surface area contributed by atoms with Crippen LogP contribution in [0, 0.1) is 40.4 Å². The van der Waals surface area contributed by atoms with E-state index in [0.29, 0.717) is 10.8 Å². The standard InChI is InChI=1S/C24H40O/c1-5-6-16(2)20-9-10-21-19-8-7-17-15-18(25)11-13-23(17,3)22(19)12-14-24(20,21)4/h7,16,18-22,25H,5-6,8-15H2,1-4H3/t16-,18?,19?,20-,21?,22?,23?,24?/m1/s1. The van der Waals surface area contributed by atoms with Crippen molar-refractivity contribution < 1.29 is 5.11 Å². The average Bonchev–Trinajstić information content (AvgIpc) is 2.93. The molecule has 0 aliphatic heterocycles. The molecule has 0 radical (unpaired) electrons. The van der Waals surface area contributed by atoms with E-state index in [1.165, 1.54) is 51.4 Å². The fourth-order valence-corrected chi connectivity index (χ4v) is 8.27. The molecule has 142 valence electrons. The van der Waals surface area contributed by atoms with Gasteiger partial charge in [-0.25, -0.2) is 0 Å². The predicted octanol–water partition coefficient (Wildman–Crippen LogP) is 6.36. The molecule has 1 nitrogen and oxygen atoms in total. The molecule has 4 aliphatic carbocycles. The molecule has 3 saturated carbocycles. The van der Waals surface area contributed by atoms with Crippen molar-refractivity contribution in [2.75, 3.05) is 0 Å². The Morgan fingerprint density at radius 2 is 1.92 bits per heavy atom. The minimum atomic E-state index is -0.0736. The Balaban J connectivity index is 1.60. The molecule has 0 aromatic rings. The van der Waals surface area contributed by atoms with Crippen LogP contribution in [0.25, 0.3) is 0 Å². The van der Waals surface area contributed by atoms with E-state index in [-0.39, 0.29) is 6.10 Å². The molecule has 0 heterocycles. The lowest BCUT2D eigenvalue weighted by Gasteiger charge is -2.58. The van der Waals surface area contributed by atoms with Crippen LogP contribution in [0.3, 0.4) is 0 Å². The Morgan fingerprint density at radius 1 is 1.12 bits per heavy atom. The van der Waals surface area contributed by atoms with Gasteiger partial charge in [-0.3, -0.25) is 0 Å². The first-order chi connectivity index (χ1) is 11.9. The average molecular weight is 345 g/mol. The van der Waals surface area contributed by atoms with Crippen molar-refractivity contribution in [1.82, 2.24) is 0 Å². The van der Waals surface area contributed by atoms with Gasteiger partial charge in [0.25, 0.3) is 0 Å². The fraction of sp³-hybridized carbons (Fsp3) is 0.917. The number of hydrogen-bond acceptors (Lipinski definition) is 1. The SMILES string of the molecule is CCC[C@@H](C)[C@H]1CCC2C3CC=C4CC(O)CCC4(C)C3CCC21C. The normalized spacial score (nSPS) is 50.4. The summed E-state index contributed by atoms with van der Waals surface area (Å²) in [5.41, 5.74) is 2.62. The van der Waals surface area contributed by atoms with Gasteiger partial charge in [-0.2, -0.15) is 0 Å². The van der Waals surface area contributed by atoms with Crippen molar-refractivity contribution in [3.05, 3.63) is 11.6 Å². The van der Waals surface area contributed by atoms with Crippen LogP contribution in [0.5, 0.6) is 0 Å². The maximum atomic E-state index is 10.2. The van der Waals surface area contributed by atoms with Crippen LogP contribution < -0.4 is 0 Å². The highest BCUT2D eigenvalue weighted by Gasteiger charge is 2.58. The van der Waals surface area contributed by atoms with E-state index < -0.39 is 0 Å². The molecule has 6 unspecified atom stereocenters. The molecule has 8 atom stereocenters. The van der Waals surface area contributed by atoms with Gasteiger partial charge in [-0.1, -0.05) is 52.2 Å². The third-order valence-corrected chi connectivity index (χ3v) is 9.58. The lowest BCUT2D eigenvalue weighted by Crippen LogP contribution is -2.50. The zero-order valence-electron chi connectivity index (χ0n) is 17.1. The second-order valence-electron chi connectivity index (χ2n) is 10.7. The van der Waals surface area contributed by atoms with Crippen molar-refractivity contribution >= 4 is 0 Å². The van der Waals surface area contributed by atoms with Gasteiger partial charge in [0, 0.05) is 0 Å². The quantitative estimate of drug-likeness (QED) is 0.590. The van der Waals surface area contributed by atoms with Gasteiger partial charge in [-0.15, -0.1) is 0 Å². The van der Waals surface area contributed by atoms with Crippen LogP contribution in [-0.2, 0) is 0 Å². The van der Waals surface area contributed by atoms with Crippen LogP contribution in [-0.4, -0.2) is 11.2 Å². The number of rotatable bonds is 3. The summed E-state index contributed by atoms with van der Waals surface area (Å²) >= 11 is 0. The minimum absolute atomic E-state index is 0.0736. The maximum Gasteiger partial charge on any atom is 0.0577 e. The van der Waals surface area contributed by atoms with E-state index in [9.17, 15) is 5.11 Å². The fourth-order valence-electron chi connectivity index (χ4n) is 8.27. The van der Waals surface area contributed by atoms with E-state index >= 15 is 0 Å². The van der Waals surface area contributed by atoms with E-state index in [2.05, 4.69) is 33.8 Å². The summed E-state index contributed by atoms with van der Waals surface area (Å²) in [4.78, 5) is 0. The van der Waals surface area contributed by atoms with Crippen molar-refractivity contribution in [1.29, 1.82) is 0 Å². The number of aliphatic hydroxyl groups is 1. The highest BCUT2D eigenvalue weighted by atomic mass is 16.3. The maximum absolute atomic E-state index is 10.2. The van der Waals surface area contributed by atoms with Crippen LogP contribution in [0.1, 0.15) is 91.9 Å². The van der Waals surface area contributed by atoms with Gasteiger partial charge in [0.15, 0.2) is 0 Å². The second-order valence-corrected chi connectivity index (χ2v) is 10.7. The molecule has 1 heteroatoms. The van der Waals surface area contributed by atoms with Crippen molar-refractivity contribution in [2.24, 2.45) is 40.4 Å².